The first-order valence-corrected chi connectivity index (χ1v) is 9.27. The van der Waals surface area contributed by atoms with Crippen LogP contribution in [0.25, 0.3) is 0 Å². The van der Waals surface area contributed by atoms with Crippen LogP contribution < -0.4 is 10.1 Å². The molecule has 0 saturated heterocycles. The molecule has 1 N–H and O–H groups in total. The van der Waals surface area contributed by atoms with Crippen molar-refractivity contribution in [2.24, 2.45) is 0 Å². The predicted molar refractivity (Wildman–Crippen MR) is 106 cm³/mol. The molecule has 7 heteroatoms. The lowest BCUT2D eigenvalue weighted by Gasteiger charge is -2.19. The number of amides is 1. The van der Waals surface area contributed by atoms with E-state index in [4.69, 9.17) is 32.7 Å². The summed E-state index contributed by atoms with van der Waals surface area (Å²) in [6, 6.07) is 11.4. The van der Waals surface area contributed by atoms with Crippen molar-refractivity contribution in [3.8, 4) is 5.75 Å². The second-order valence-corrected chi connectivity index (χ2v) is 6.72. The molecule has 0 aliphatic rings. The summed E-state index contributed by atoms with van der Waals surface area (Å²) in [6.07, 6.45) is -0.985. The molecule has 1 amide bonds. The molecule has 2 atom stereocenters. The van der Waals surface area contributed by atoms with Crippen molar-refractivity contribution in [3.05, 3.63) is 63.6 Å². The zero-order valence-corrected chi connectivity index (χ0v) is 16.8. The average molecular weight is 410 g/mol. The van der Waals surface area contributed by atoms with Gasteiger partial charge in [-0.3, -0.25) is 4.79 Å². The highest BCUT2D eigenvalue weighted by molar-refractivity contribution is 6.35. The Morgan fingerprint density at radius 1 is 1.11 bits per heavy atom. The first kappa shape index (κ1) is 21.1. The number of para-hydroxylation sites is 1. The Bertz CT molecular complexity index is 825. The normalized spacial score (nSPS) is 12.8. The summed E-state index contributed by atoms with van der Waals surface area (Å²) < 4.78 is 10.7. The van der Waals surface area contributed by atoms with Gasteiger partial charge >= 0.3 is 5.97 Å². The van der Waals surface area contributed by atoms with E-state index in [1.165, 1.54) is 6.92 Å². The van der Waals surface area contributed by atoms with Gasteiger partial charge in [0.15, 0.2) is 6.10 Å². The Morgan fingerprint density at radius 2 is 1.81 bits per heavy atom. The Kier molecular flexibility index (Phi) is 7.51. The van der Waals surface area contributed by atoms with Crippen LogP contribution in [-0.2, 0) is 9.53 Å². The summed E-state index contributed by atoms with van der Waals surface area (Å²) in [4.78, 5) is 24.8. The Balaban J connectivity index is 2.02. The molecule has 2 rings (SSSR count). The molecule has 0 radical (unpaired) electrons. The highest BCUT2D eigenvalue weighted by atomic mass is 35.5. The summed E-state index contributed by atoms with van der Waals surface area (Å²) >= 11 is 12.1. The molecule has 0 aliphatic heterocycles. The lowest BCUT2D eigenvalue weighted by atomic mass is 10.1. The fraction of sp³-hybridized carbons (Fsp3) is 0.300. The number of nitrogens with one attached hydrogen (secondary N) is 1. The molecule has 0 fully saturated rings. The Hall–Kier alpha value is -2.24. The first-order valence-electron chi connectivity index (χ1n) is 8.51. The standard InChI is InChI=1S/C20H21Cl2NO4/c1-4-26-18-8-6-5-7-16(18)20(25)27-13(3)19(24)23-12(2)15-10-9-14(21)11-17(15)22/h5-13H,4H2,1-3H3,(H,23,24)/t12-,13+/m0/s1. The van der Waals surface area contributed by atoms with Gasteiger partial charge in [-0.1, -0.05) is 41.4 Å². The second-order valence-electron chi connectivity index (χ2n) is 5.87. The zero-order chi connectivity index (χ0) is 20.0. The van der Waals surface area contributed by atoms with Gasteiger partial charge in [0.05, 0.1) is 12.6 Å². The van der Waals surface area contributed by atoms with Crippen LogP contribution in [0.4, 0.5) is 0 Å². The second kappa shape index (κ2) is 9.62. The molecular weight excluding hydrogens is 389 g/mol. The third-order valence-electron chi connectivity index (χ3n) is 3.85. The number of rotatable bonds is 7. The van der Waals surface area contributed by atoms with E-state index in [0.717, 1.165) is 5.56 Å². The van der Waals surface area contributed by atoms with Crippen LogP contribution in [0.15, 0.2) is 42.5 Å². The van der Waals surface area contributed by atoms with Crippen molar-refractivity contribution in [1.82, 2.24) is 5.32 Å². The quantitative estimate of drug-likeness (QED) is 0.665. The Morgan fingerprint density at radius 3 is 2.48 bits per heavy atom. The van der Waals surface area contributed by atoms with E-state index < -0.39 is 18.0 Å². The van der Waals surface area contributed by atoms with Crippen LogP contribution in [0.1, 0.15) is 42.7 Å². The van der Waals surface area contributed by atoms with Crippen LogP contribution in [0.5, 0.6) is 5.75 Å². The van der Waals surface area contributed by atoms with Crippen molar-refractivity contribution in [1.29, 1.82) is 0 Å². The van der Waals surface area contributed by atoms with Crippen LogP contribution >= 0.6 is 23.2 Å². The molecule has 0 saturated carbocycles. The topological polar surface area (TPSA) is 64.6 Å². The Labute approximate surface area is 168 Å². The van der Waals surface area contributed by atoms with Gasteiger partial charge in [-0.2, -0.15) is 0 Å². The van der Waals surface area contributed by atoms with E-state index in [0.29, 0.717) is 22.4 Å². The molecule has 144 valence electrons. The van der Waals surface area contributed by atoms with E-state index in [1.54, 1.807) is 49.4 Å². The lowest BCUT2D eigenvalue weighted by molar-refractivity contribution is -0.129. The molecule has 27 heavy (non-hydrogen) atoms. The largest absolute Gasteiger partial charge is 0.493 e. The molecule has 0 bridgehead atoms. The van der Waals surface area contributed by atoms with Crippen molar-refractivity contribution in [3.63, 3.8) is 0 Å². The van der Waals surface area contributed by atoms with Gasteiger partial charge in [0.25, 0.3) is 5.91 Å². The predicted octanol–water partition coefficient (Wildman–Crippen LogP) is 4.81. The summed E-state index contributed by atoms with van der Waals surface area (Å²) in [5.41, 5.74) is 0.988. The molecule has 2 aromatic carbocycles. The van der Waals surface area contributed by atoms with Gasteiger partial charge in [-0.05, 0) is 50.6 Å². The molecule has 5 nitrogen and oxygen atoms in total. The van der Waals surface area contributed by atoms with Gasteiger partial charge in [0, 0.05) is 10.0 Å². The highest BCUT2D eigenvalue weighted by Gasteiger charge is 2.23. The molecule has 0 aromatic heterocycles. The van der Waals surface area contributed by atoms with E-state index in [1.807, 2.05) is 6.92 Å². The maximum atomic E-state index is 12.4. The summed E-state index contributed by atoms with van der Waals surface area (Å²) in [5.74, 6) is -0.645. The van der Waals surface area contributed by atoms with Crippen LogP contribution in [-0.4, -0.2) is 24.6 Å². The monoisotopic (exact) mass is 409 g/mol. The first-order chi connectivity index (χ1) is 12.8. The van der Waals surface area contributed by atoms with Gasteiger partial charge in [0.1, 0.15) is 11.3 Å². The number of halogens is 2. The summed E-state index contributed by atoms with van der Waals surface area (Å²) in [5, 5.41) is 3.74. The van der Waals surface area contributed by atoms with Gasteiger partial charge < -0.3 is 14.8 Å². The van der Waals surface area contributed by atoms with E-state index >= 15 is 0 Å². The molecule has 0 heterocycles. The summed E-state index contributed by atoms with van der Waals surface area (Å²) in [6.45, 7) is 5.53. The van der Waals surface area contributed by atoms with Crippen molar-refractivity contribution in [2.45, 2.75) is 32.9 Å². The number of carbonyl (C=O) groups is 2. The smallest absolute Gasteiger partial charge is 0.342 e. The minimum atomic E-state index is -0.985. The number of benzene rings is 2. The van der Waals surface area contributed by atoms with Gasteiger partial charge in [0.2, 0.25) is 0 Å². The lowest BCUT2D eigenvalue weighted by Crippen LogP contribution is -2.37. The number of ether oxygens (including phenoxy) is 2. The number of carbonyl (C=O) groups excluding carboxylic acids is 2. The van der Waals surface area contributed by atoms with Gasteiger partial charge in [-0.25, -0.2) is 4.79 Å². The molecular formula is C20H21Cl2NO4. The van der Waals surface area contributed by atoms with Crippen LogP contribution in [0.2, 0.25) is 10.0 Å². The van der Waals surface area contributed by atoms with Crippen molar-refractivity contribution >= 4 is 35.1 Å². The summed E-state index contributed by atoms with van der Waals surface area (Å²) in [7, 11) is 0. The fourth-order valence-electron chi connectivity index (χ4n) is 2.46. The molecule has 2 aromatic rings. The fourth-order valence-corrected chi connectivity index (χ4v) is 3.03. The molecule has 0 unspecified atom stereocenters. The molecule has 0 spiro atoms. The van der Waals surface area contributed by atoms with E-state index in [9.17, 15) is 9.59 Å². The number of hydrogen-bond acceptors (Lipinski definition) is 4. The third-order valence-corrected chi connectivity index (χ3v) is 4.41. The number of hydrogen-bond donors (Lipinski definition) is 1. The average Bonchev–Trinajstić information content (AvgIpc) is 2.62. The number of esters is 1. The molecule has 0 aliphatic carbocycles. The van der Waals surface area contributed by atoms with Gasteiger partial charge in [-0.15, -0.1) is 0 Å². The third kappa shape index (κ3) is 5.62. The van der Waals surface area contributed by atoms with E-state index in [2.05, 4.69) is 5.32 Å². The maximum Gasteiger partial charge on any atom is 0.342 e. The van der Waals surface area contributed by atoms with Crippen LogP contribution in [0, 0.1) is 0 Å². The van der Waals surface area contributed by atoms with E-state index in [-0.39, 0.29) is 11.6 Å². The van der Waals surface area contributed by atoms with Crippen molar-refractivity contribution < 1.29 is 19.1 Å². The minimum Gasteiger partial charge on any atom is -0.493 e. The zero-order valence-electron chi connectivity index (χ0n) is 15.3. The highest BCUT2D eigenvalue weighted by Crippen LogP contribution is 2.26. The minimum absolute atomic E-state index is 0.271. The van der Waals surface area contributed by atoms with Crippen LogP contribution in [0.3, 0.4) is 0 Å². The maximum absolute atomic E-state index is 12.4. The van der Waals surface area contributed by atoms with Crippen molar-refractivity contribution in [2.75, 3.05) is 6.61 Å². The SMILES string of the molecule is CCOc1ccccc1C(=O)O[C@H](C)C(=O)N[C@@H](C)c1ccc(Cl)cc1Cl.